The van der Waals surface area contributed by atoms with E-state index in [1.54, 1.807) is 0 Å². The van der Waals surface area contributed by atoms with Gasteiger partial charge < -0.3 is 0 Å². The van der Waals surface area contributed by atoms with Gasteiger partial charge in [-0.25, -0.2) is 9.37 Å². The van der Waals surface area contributed by atoms with Crippen LogP contribution >= 0.6 is 0 Å². The summed E-state index contributed by atoms with van der Waals surface area (Å²) in [4.78, 5) is 3.16. The minimum absolute atomic E-state index is 0.414. The molecule has 3 heteroatoms. The van der Waals surface area contributed by atoms with Gasteiger partial charge in [0.15, 0.2) is 0 Å². The zero-order valence-corrected chi connectivity index (χ0v) is 4.94. The second-order valence-electron chi connectivity index (χ2n) is 1.60. The van der Waals surface area contributed by atoms with Gasteiger partial charge in [-0.1, -0.05) is 5.92 Å². The molecule has 0 radical (unpaired) electrons. The van der Waals surface area contributed by atoms with Gasteiger partial charge in [0.25, 0.3) is 0 Å². The van der Waals surface area contributed by atoms with Crippen LogP contribution in [0.25, 0.3) is 0 Å². The second-order valence-corrected chi connectivity index (χ2v) is 1.60. The largest absolute Gasteiger partial charge is 0.231 e. The second kappa shape index (κ2) is 2.44. The number of aromatic nitrogens is 1. The first-order valence-corrected chi connectivity index (χ1v) is 2.52. The van der Waals surface area contributed by atoms with Gasteiger partial charge in [0.1, 0.15) is 11.4 Å². The van der Waals surface area contributed by atoms with Crippen molar-refractivity contribution in [3.63, 3.8) is 0 Å². The van der Waals surface area contributed by atoms with E-state index < -0.39 is 17.3 Å². The van der Waals surface area contributed by atoms with Crippen molar-refractivity contribution in [3.05, 3.63) is 29.6 Å². The first kappa shape index (κ1) is 6.69. The average Bonchev–Trinajstić information content (AvgIpc) is 1.88. The summed E-state index contributed by atoms with van der Waals surface area (Å²) in [6, 6.07) is 1.01. The summed E-state index contributed by atoms with van der Waals surface area (Å²) in [5.41, 5.74) is -0.414. The van der Waals surface area contributed by atoms with Gasteiger partial charge in [0, 0.05) is 6.20 Å². The SMILES string of the molecule is C#Cc1c(F)ccnc1F. The molecule has 0 spiro atoms. The third-order valence-corrected chi connectivity index (χ3v) is 0.998. The van der Waals surface area contributed by atoms with E-state index in [9.17, 15) is 8.78 Å². The molecule has 50 valence electrons. The Balaban J connectivity index is 3.34. The number of terminal acetylenes is 1. The summed E-state index contributed by atoms with van der Waals surface area (Å²) in [5.74, 6) is 0.154. The molecule has 1 heterocycles. The number of hydrogen-bond donors (Lipinski definition) is 0. The van der Waals surface area contributed by atoms with Crippen molar-refractivity contribution in [1.29, 1.82) is 0 Å². The predicted octanol–water partition coefficient (Wildman–Crippen LogP) is 1.34. The molecule has 0 amide bonds. The van der Waals surface area contributed by atoms with E-state index in [0.29, 0.717) is 0 Å². The lowest BCUT2D eigenvalue weighted by molar-refractivity contribution is 0.546. The molecule has 1 rings (SSSR count). The van der Waals surface area contributed by atoms with Crippen molar-refractivity contribution >= 4 is 0 Å². The molecule has 0 saturated carbocycles. The Labute approximate surface area is 56.7 Å². The smallest absolute Gasteiger partial charge is 0.227 e. The highest BCUT2D eigenvalue weighted by Gasteiger charge is 2.04. The number of rotatable bonds is 0. The molecule has 1 aromatic heterocycles. The molecule has 0 bridgehead atoms. The van der Waals surface area contributed by atoms with E-state index in [1.165, 1.54) is 0 Å². The first-order valence-electron chi connectivity index (χ1n) is 2.52. The monoisotopic (exact) mass is 139 g/mol. The van der Waals surface area contributed by atoms with E-state index in [1.807, 2.05) is 5.92 Å². The minimum Gasteiger partial charge on any atom is -0.227 e. The van der Waals surface area contributed by atoms with Gasteiger partial charge in [-0.3, -0.25) is 0 Å². The first-order chi connectivity index (χ1) is 4.75. The molecule has 0 aliphatic rings. The van der Waals surface area contributed by atoms with E-state index in [2.05, 4.69) is 4.98 Å². The van der Waals surface area contributed by atoms with Crippen LogP contribution < -0.4 is 0 Å². The summed E-state index contributed by atoms with van der Waals surface area (Å²) >= 11 is 0. The van der Waals surface area contributed by atoms with Gasteiger partial charge in [-0.2, -0.15) is 4.39 Å². The molecule has 0 atom stereocenters. The fraction of sp³-hybridized carbons (Fsp3) is 0. The van der Waals surface area contributed by atoms with Gasteiger partial charge in [-0.15, -0.1) is 6.42 Å². The molecule has 1 aromatic rings. The third-order valence-electron chi connectivity index (χ3n) is 0.998. The molecule has 0 unspecified atom stereocenters. The molecular weight excluding hydrogens is 136 g/mol. The maximum atomic E-state index is 12.4. The quantitative estimate of drug-likeness (QED) is 0.390. The van der Waals surface area contributed by atoms with E-state index in [-0.39, 0.29) is 0 Å². The molecule has 0 aliphatic carbocycles. The number of pyridine rings is 1. The maximum Gasteiger partial charge on any atom is 0.231 e. The van der Waals surface area contributed by atoms with E-state index >= 15 is 0 Å². The summed E-state index contributed by atoms with van der Waals surface area (Å²) in [5, 5.41) is 0. The summed E-state index contributed by atoms with van der Waals surface area (Å²) in [7, 11) is 0. The highest BCUT2D eigenvalue weighted by atomic mass is 19.1. The Morgan fingerprint density at radius 3 is 2.60 bits per heavy atom. The predicted molar refractivity (Wildman–Crippen MR) is 32.1 cm³/mol. The highest BCUT2D eigenvalue weighted by molar-refractivity contribution is 5.31. The van der Waals surface area contributed by atoms with Crippen LogP contribution in [0, 0.1) is 24.1 Å². The number of hydrogen-bond acceptors (Lipinski definition) is 1. The van der Waals surface area contributed by atoms with Gasteiger partial charge >= 0.3 is 0 Å². The van der Waals surface area contributed by atoms with Crippen molar-refractivity contribution in [2.75, 3.05) is 0 Å². The molecule has 10 heavy (non-hydrogen) atoms. The van der Waals surface area contributed by atoms with Crippen molar-refractivity contribution in [3.8, 4) is 12.3 Å². The third kappa shape index (κ3) is 0.960. The Morgan fingerprint density at radius 2 is 2.20 bits per heavy atom. The molecule has 0 aliphatic heterocycles. The van der Waals surface area contributed by atoms with Crippen LogP contribution in [0.5, 0.6) is 0 Å². The maximum absolute atomic E-state index is 12.4. The minimum atomic E-state index is -0.942. The van der Waals surface area contributed by atoms with Crippen molar-refractivity contribution in [1.82, 2.24) is 4.98 Å². The summed E-state index contributed by atoms with van der Waals surface area (Å²) in [6.45, 7) is 0. The van der Waals surface area contributed by atoms with Crippen LogP contribution in [0.15, 0.2) is 12.3 Å². The summed E-state index contributed by atoms with van der Waals surface area (Å²) in [6.07, 6.45) is 5.80. The number of halogens is 2. The molecular formula is C7H3F2N. The van der Waals surface area contributed by atoms with Crippen LogP contribution in [0.1, 0.15) is 5.56 Å². The van der Waals surface area contributed by atoms with E-state index in [0.717, 1.165) is 12.3 Å². The van der Waals surface area contributed by atoms with Crippen molar-refractivity contribution < 1.29 is 8.78 Å². The van der Waals surface area contributed by atoms with Crippen LogP contribution in [-0.2, 0) is 0 Å². The highest BCUT2D eigenvalue weighted by Crippen LogP contribution is 2.06. The molecule has 0 fully saturated rings. The van der Waals surface area contributed by atoms with Crippen LogP contribution in [0.4, 0.5) is 8.78 Å². The lowest BCUT2D eigenvalue weighted by atomic mass is 10.3. The van der Waals surface area contributed by atoms with Gasteiger partial charge in [-0.05, 0) is 6.07 Å². The lowest BCUT2D eigenvalue weighted by Gasteiger charge is -1.92. The zero-order chi connectivity index (χ0) is 7.56. The van der Waals surface area contributed by atoms with Crippen molar-refractivity contribution in [2.45, 2.75) is 0 Å². The average molecular weight is 139 g/mol. The van der Waals surface area contributed by atoms with Crippen molar-refractivity contribution in [2.24, 2.45) is 0 Å². The molecule has 0 aromatic carbocycles. The molecule has 0 N–H and O–H groups in total. The van der Waals surface area contributed by atoms with Crippen LogP contribution in [0.3, 0.4) is 0 Å². The molecule has 1 nitrogen and oxygen atoms in total. The topological polar surface area (TPSA) is 12.9 Å². The van der Waals surface area contributed by atoms with Crippen LogP contribution in [0.2, 0.25) is 0 Å². The van der Waals surface area contributed by atoms with Gasteiger partial charge in [0.05, 0.1) is 0 Å². The van der Waals surface area contributed by atoms with E-state index in [4.69, 9.17) is 6.42 Å². The fourth-order valence-electron chi connectivity index (χ4n) is 0.543. The summed E-state index contributed by atoms with van der Waals surface area (Å²) < 4.78 is 24.8. The lowest BCUT2D eigenvalue weighted by Crippen LogP contribution is -1.91. The Kier molecular flexibility index (Phi) is 1.63. The Morgan fingerprint density at radius 1 is 1.50 bits per heavy atom. The van der Waals surface area contributed by atoms with Gasteiger partial charge in [0.2, 0.25) is 5.95 Å². The standard InChI is InChI=1S/C7H3F2N/c1-2-5-6(8)3-4-10-7(5)9/h1,3-4H. The van der Waals surface area contributed by atoms with Crippen LogP contribution in [-0.4, -0.2) is 4.98 Å². The Hall–Kier alpha value is -1.43. The normalized spacial score (nSPS) is 8.90. The zero-order valence-electron chi connectivity index (χ0n) is 4.94. The Bertz CT molecular complexity index is 268. The number of nitrogens with zero attached hydrogens (tertiary/aromatic N) is 1. The molecule has 0 saturated heterocycles. The fourth-order valence-corrected chi connectivity index (χ4v) is 0.543.